The van der Waals surface area contributed by atoms with Crippen molar-refractivity contribution in [1.29, 1.82) is 0 Å². The number of carbonyl (C=O) groups is 1. The van der Waals surface area contributed by atoms with Crippen molar-refractivity contribution >= 4 is 62.5 Å². The van der Waals surface area contributed by atoms with E-state index in [9.17, 15) is 19.6 Å². The van der Waals surface area contributed by atoms with Crippen molar-refractivity contribution in [2.24, 2.45) is 0 Å². The van der Waals surface area contributed by atoms with Gasteiger partial charge in [-0.1, -0.05) is 6.10 Å². The second-order valence-corrected chi connectivity index (χ2v) is 4.10. The maximum Gasteiger partial charge on any atom is 2.00 e. The average molecular weight is 395 g/mol. The molecule has 0 aliphatic heterocycles. The third-order valence-corrected chi connectivity index (χ3v) is 2.02. The fraction of sp³-hybridized carbons (Fsp3) is 0.833. The van der Waals surface area contributed by atoms with E-state index in [0.29, 0.717) is 0 Å². The summed E-state index contributed by atoms with van der Waals surface area (Å²) in [5.74, 6) is -1.41. The number of phosphoric acid groups is 1. The summed E-state index contributed by atoms with van der Waals surface area (Å²) in [6, 6.07) is 0. The molecule has 0 aromatic heterocycles. The molecule has 0 aromatic carbocycles. The van der Waals surface area contributed by atoms with Crippen LogP contribution in [0.5, 0.6) is 0 Å². The Kier molecular flexibility index (Phi) is 11.0. The second kappa shape index (κ2) is 9.15. The van der Waals surface area contributed by atoms with Crippen LogP contribution in [0.1, 0.15) is 0 Å². The molecule has 9 nitrogen and oxygen atoms in total. The predicted octanol–water partition coefficient (Wildman–Crippen LogP) is -4.90. The van der Waals surface area contributed by atoms with Crippen LogP contribution in [0, 0.1) is 0 Å². The first-order valence-electron chi connectivity index (χ1n) is 4.02. The number of Topliss-reactive ketones (excluding diaryl/α,β-unsaturated/α-hetero) is 1. The minimum Gasteiger partial charge on any atom is -0.851 e. The summed E-state index contributed by atoms with van der Waals surface area (Å²) in [7, 11) is -4.89. The molecule has 0 fully saturated rings. The van der Waals surface area contributed by atoms with Crippen LogP contribution in [0.4, 0.5) is 0 Å². The number of aliphatic hydroxyl groups is 2. The Bertz CT molecular complexity index is 279. The monoisotopic (exact) mass is 396 g/mol. The zero-order valence-corrected chi connectivity index (χ0v) is 14.0. The summed E-state index contributed by atoms with van der Waals surface area (Å²) in [5, 5.41) is 39.0. The number of hydrogen-bond acceptors (Lipinski definition) is 7. The van der Waals surface area contributed by atoms with Crippen molar-refractivity contribution in [1.82, 2.24) is 0 Å². The summed E-state index contributed by atoms with van der Waals surface area (Å²) >= 11 is 0. The number of aliphatic hydroxyl groups excluding tert-OH is 2. The maximum atomic E-state index is 11.0. The first kappa shape index (κ1) is 20.5. The zero-order valence-electron chi connectivity index (χ0n) is 8.63. The minimum absolute atomic E-state index is 0. The van der Waals surface area contributed by atoms with Crippen LogP contribution in [-0.2, 0) is 13.9 Å². The van der Waals surface area contributed by atoms with E-state index in [1.165, 1.54) is 0 Å². The molecule has 0 saturated heterocycles. The third-order valence-electron chi connectivity index (χ3n) is 1.56. The summed E-state index contributed by atoms with van der Waals surface area (Å²) in [6.45, 7) is -2.21. The Balaban J connectivity index is 0. The number of hydrogen-bond donors (Lipinski definition) is 4. The van der Waals surface area contributed by atoms with Crippen molar-refractivity contribution < 1.29 is 44.1 Å². The van der Waals surface area contributed by atoms with Gasteiger partial charge < -0.3 is 30.2 Å². The Morgan fingerprint density at radius 2 is 1.82 bits per heavy atom. The van der Waals surface area contributed by atoms with E-state index in [2.05, 4.69) is 4.52 Å². The van der Waals surface area contributed by atoms with E-state index >= 15 is 0 Å². The standard InChI is InChI=1S/C6H11O9P.Ba/c7-1-3(8)5(10)6(11)4(9)2-15-16(12,13)14;/h3,5-8H,1-2H2,(H2,12,13,14);/q-2;+2/t3-,5-,6-;/m1./s1. The molecule has 96 valence electrons. The number of ketones is 1. The van der Waals surface area contributed by atoms with Crippen LogP contribution in [0.15, 0.2) is 0 Å². The van der Waals surface area contributed by atoms with Gasteiger partial charge in [0.15, 0.2) is 0 Å². The van der Waals surface area contributed by atoms with Crippen LogP contribution in [0.2, 0.25) is 0 Å². The topological polar surface area (TPSA) is 170 Å². The van der Waals surface area contributed by atoms with Gasteiger partial charge in [0.05, 0.1) is 12.7 Å². The van der Waals surface area contributed by atoms with Crippen molar-refractivity contribution in [2.45, 2.75) is 18.3 Å². The first-order valence-corrected chi connectivity index (χ1v) is 5.55. The summed E-state index contributed by atoms with van der Waals surface area (Å²) in [4.78, 5) is 27.3. The molecule has 0 aliphatic rings. The molecular weight excluding hydrogens is 384 g/mol. The molecule has 17 heavy (non-hydrogen) atoms. The van der Waals surface area contributed by atoms with Gasteiger partial charge in [-0.15, -0.1) is 6.10 Å². The molecule has 0 bridgehead atoms. The molecule has 0 amide bonds. The molecule has 0 spiro atoms. The van der Waals surface area contributed by atoms with Crippen LogP contribution < -0.4 is 10.2 Å². The summed E-state index contributed by atoms with van der Waals surface area (Å²) in [5.41, 5.74) is 0. The zero-order chi connectivity index (χ0) is 12.9. The van der Waals surface area contributed by atoms with Crippen molar-refractivity contribution in [3.8, 4) is 0 Å². The van der Waals surface area contributed by atoms with E-state index in [0.717, 1.165) is 0 Å². The Hall–Kier alpha value is 1.19. The second-order valence-electron chi connectivity index (χ2n) is 2.87. The molecule has 4 N–H and O–H groups in total. The van der Waals surface area contributed by atoms with Gasteiger partial charge in [0.2, 0.25) is 0 Å². The van der Waals surface area contributed by atoms with Gasteiger partial charge in [-0.25, -0.2) is 4.57 Å². The van der Waals surface area contributed by atoms with E-state index in [1.54, 1.807) is 0 Å². The Morgan fingerprint density at radius 1 is 1.35 bits per heavy atom. The number of rotatable bonds is 7. The molecule has 3 atom stereocenters. The summed E-state index contributed by atoms with van der Waals surface area (Å²) < 4.78 is 13.9. The maximum absolute atomic E-state index is 11.0. The van der Waals surface area contributed by atoms with Gasteiger partial charge in [0.25, 0.3) is 0 Å². The van der Waals surface area contributed by atoms with Crippen LogP contribution in [0.25, 0.3) is 0 Å². The van der Waals surface area contributed by atoms with Gasteiger partial charge in [-0.2, -0.15) is 0 Å². The van der Waals surface area contributed by atoms with E-state index < -0.39 is 45.1 Å². The van der Waals surface area contributed by atoms with Crippen LogP contribution >= 0.6 is 7.82 Å². The summed E-state index contributed by atoms with van der Waals surface area (Å²) in [6.07, 6.45) is -6.70. The molecule has 0 unspecified atom stereocenters. The molecule has 0 radical (unpaired) electrons. The molecular formula is C6H11BaO9P. The fourth-order valence-electron chi connectivity index (χ4n) is 0.719. The van der Waals surface area contributed by atoms with Gasteiger partial charge in [0.1, 0.15) is 12.4 Å². The van der Waals surface area contributed by atoms with Crippen LogP contribution in [-0.4, -0.2) is 106 Å². The number of carbonyl (C=O) groups excluding carboxylic acids is 1. The quantitative estimate of drug-likeness (QED) is 0.244. The molecule has 0 heterocycles. The Labute approximate surface area is 137 Å². The van der Waals surface area contributed by atoms with Crippen molar-refractivity contribution in [2.75, 3.05) is 13.2 Å². The van der Waals surface area contributed by atoms with E-state index in [-0.39, 0.29) is 48.9 Å². The van der Waals surface area contributed by atoms with Gasteiger partial charge in [-0.3, -0.25) is 9.32 Å². The normalized spacial score (nSPS) is 16.8. The Morgan fingerprint density at radius 3 is 2.18 bits per heavy atom. The first-order chi connectivity index (χ1) is 7.19. The van der Waals surface area contributed by atoms with Crippen molar-refractivity contribution in [3.63, 3.8) is 0 Å². The average Bonchev–Trinajstić information content (AvgIpc) is 2.21. The van der Waals surface area contributed by atoms with Gasteiger partial charge in [0, 0.05) is 0 Å². The van der Waals surface area contributed by atoms with E-state index in [1.807, 2.05) is 0 Å². The molecule has 0 rings (SSSR count). The van der Waals surface area contributed by atoms with Gasteiger partial charge in [-0.05, 0) is 0 Å². The predicted molar refractivity (Wildman–Crippen MR) is 49.4 cm³/mol. The van der Waals surface area contributed by atoms with Gasteiger partial charge >= 0.3 is 56.7 Å². The molecule has 0 aliphatic carbocycles. The molecule has 11 heteroatoms. The minimum atomic E-state index is -4.89. The third kappa shape index (κ3) is 8.83. The largest absolute Gasteiger partial charge is 2.00 e. The molecule has 0 saturated carbocycles. The SMILES string of the molecule is O=C(COP(=O)(O)O)[C@@H]([O-])[C@H]([O-])[C@H](O)CO.[Ba+2]. The molecule has 0 aromatic rings. The van der Waals surface area contributed by atoms with Crippen LogP contribution in [0.3, 0.4) is 0 Å². The van der Waals surface area contributed by atoms with Crippen molar-refractivity contribution in [3.05, 3.63) is 0 Å². The fourth-order valence-corrected chi connectivity index (χ4v) is 1.01. The smallest absolute Gasteiger partial charge is 0.851 e. The number of phosphoric ester groups is 1. The van der Waals surface area contributed by atoms with E-state index in [4.69, 9.17) is 20.0 Å².